The van der Waals surface area contributed by atoms with Crippen LogP contribution in [0.1, 0.15) is 26.3 Å². The number of ether oxygens (including phenoxy) is 1. The first-order chi connectivity index (χ1) is 9.41. The average molecular weight is 277 g/mol. The minimum atomic E-state index is -0.873. The van der Waals surface area contributed by atoms with E-state index in [0.29, 0.717) is 12.2 Å². The molecular weight excluding hydrogens is 258 g/mol. The van der Waals surface area contributed by atoms with Crippen LogP contribution in [0.4, 0.5) is 0 Å². The lowest BCUT2D eigenvalue weighted by atomic mass is 9.85. The Kier molecular flexibility index (Phi) is 4.06. The van der Waals surface area contributed by atoms with Crippen LogP contribution >= 0.6 is 0 Å². The Labute approximate surface area is 118 Å². The summed E-state index contributed by atoms with van der Waals surface area (Å²) in [4.78, 5) is 23.1. The minimum Gasteiger partial charge on any atom is -0.482 e. The number of ketones is 1. The number of rotatable bonds is 4. The predicted octanol–water partition coefficient (Wildman–Crippen LogP) is 2.50. The maximum atomic E-state index is 12.1. The van der Waals surface area contributed by atoms with Crippen LogP contribution in [0, 0.1) is 22.0 Å². The SMILES string of the molecule is CC(C)C(=O)[C@H](C)[C@H]1Oc2ccccc2CC1[N+](=O)[O-]. The Morgan fingerprint density at radius 3 is 2.60 bits per heavy atom. The second kappa shape index (κ2) is 5.61. The van der Waals surface area contributed by atoms with Gasteiger partial charge in [0.2, 0.25) is 0 Å². The van der Waals surface area contributed by atoms with Crippen LogP contribution in [0.2, 0.25) is 0 Å². The van der Waals surface area contributed by atoms with Crippen molar-refractivity contribution >= 4 is 5.78 Å². The van der Waals surface area contributed by atoms with E-state index in [4.69, 9.17) is 4.74 Å². The number of Topliss-reactive ketones (excluding diaryl/α,β-unsaturated/α-hetero) is 1. The first-order valence-corrected chi connectivity index (χ1v) is 6.83. The highest BCUT2D eigenvalue weighted by Crippen LogP contribution is 2.32. The van der Waals surface area contributed by atoms with E-state index in [1.807, 2.05) is 18.2 Å². The monoisotopic (exact) mass is 277 g/mol. The maximum absolute atomic E-state index is 12.1. The van der Waals surface area contributed by atoms with E-state index < -0.39 is 18.1 Å². The summed E-state index contributed by atoms with van der Waals surface area (Å²) in [5, 5.41) is 11.3. The molecule has 2 rings (SSSR count). The molecule has 0 amide bonds. The van der Waals surface area contributed by atoms with Gasteiger partial charge >= 0.3 is 0 Å². The fourth-order valence-corrected chi connectivity index (χ4v) is 2.67. The number of para-hydroxylation sites is 1. The van der Waals surface area contributed by atoms with Crippen molar-refractivity contribution in [1.82, 2.24) is 0 Å². The summed E-state index contributed by atoms with van der Waals surface area (Å²) in [6, 6.07) is 6.42. The highest BCUT2D eigenvalue weighted by Gasteiger charge is 2.44. The summed E-state index contributed by atoms with van der Waals surface area (Å²) in [5.41, 5.74) is 0.828. The van der Waals surface area contributed by atoms with Gasteiger partial charge in [-0.2, -0.15) is 0 Å². The van der Waals surface area contributed by atoms with Gasteiger partial charge in [0, 0.05) is 22.8 Å². The van der Waals surface area contributed by atoms with Crippen molar-refractivity contribution in [2.75, 3.05) is 0 Å². The third kappa shape index (κ3) is 2.66. The summed E-state index contributed by atoms with van der Waals surface area (Å²) in [7, 11) is 0. The van der Waals surface area contributed by atoms with Gasteiger partial charge in [-0.15, -0.1) is 0 Å². The molecule has 3 atom stereocenters. The van der Waals surface area contributed by atoms with Crippen LogP contribution in [0.3, 0.4) is 0 Å². The van der Waals surface area contributed by atoms with Crippen molar-refractivity contribution in [3.8, 4) is 5.75 Å². The molecule has 0 saturated heterocycles. The van der Waals surface area contributed by atoms with E-state index in [1.54, 1.807) is 26.8 Å². The molecule has 1 aromatic carbocycles. The van der Waals surface area contributed by atoms with Crippen LogP contribution in [-0.4, -0.2) is 22.9 Å². The molecule has 0 fully saturated rings. The number of hydrogen-bond acceptors (Lipinski definition) is 4. The topological polar surface area (TPSA) is 69.4 Å². The highest BCUT2D eigenvalue weighted by atomic mass is 16.6. The minimum absolute atomic E-state index is 0.00114. The first kappa shape index (κ1) is 14.5. The van der Waals surface area contributed by atoms with Crippen LogP contribution in [0.25, 0.3) is 0 Å². The van der Waals surface area contributed by atoms with Gasteiger partial charge in [0.1, 0.15) is 11.5 Å². The summed E-state index contributed by atoms with van der Waals surface area (Å²) in [5.74, 6) is 0.0113. The smallest absolute Gasteiger partial charge is 0.254 e. The Morgan fingerprint density at radius 2 is 2.00 bits per heavy atom. The second-order valence-corrected chi connectivity index (χ2v) is 5.59. The second-order valence-electron chi connectivity index (χ2n) is 5.59. The molecule has 1 aliphatic heterocycles. The Morgan fingerprint density at radius 1 is 1.35 bits per heavy atom. The van der Waals surface area contributed by atoms with Gasteiger partial charge in [0.05, 0.1) is 5.92 Å². The van der Waals surface area contributed by atoms with Gasteiger partial charge in [0.25, 0.3) is 6.04 Å². The standard InChI is InChI=1S/C15H19NO4/c1-9(2)14(17)10(3)15-12(16(18)19)8-11-6-4-5-7-13(11)20-15/h4-7,9-10,12,15H,8H2,1-3H3/t10-,12?,15+/m0/s1. The molecule has 5 heteroatoms. The number of benzene rings is 1. The molecule has 1 heterocycles. The Bertz CT molecular complexity index is 526. The molecule has 0 aromatic heterocycles. The Balaban J connectivity index is 2.31. The number of nitro groups is 1. The lowest BCUT2D eigenvalue weighted by molar-refractivity contribution is -0.535. The van der Waals surface area contributed by atoms with E-state index in [0.717, 1.165) is 5.56 Å². The lowest BCUT2D eigenvalue weighted by Crippen LogP contribution is -2.49. The van der Waals surface area contributed by atoms with Crippen molar-refractivity contribution in [2.24, 2.45) is 11.8 Å². The molecule has 0 N–H and O–H groups in total. The molecule has 1 aromatic rings. The summed E-state index contributed by atoms with van der Waals surface area (Å²) >= 11 is 0. The Hall–Kier alpha value is -1.91. The zero-order valence-electron chi connectivity index (χ0n) is 11.9. The quantitative estimate of drug-likeness (QED) is 0.626. The van der Waals surface area contributed by atoms with Crippen molar-refractivity contribution in [3.05, 3.63) is 39.9 Å². The van der Waals surface area contributed by atoms with Crippen LogP contribution in [0.15, 0.2) is 24.3 Å². The van der Waals surface area contributed by atoms with E-state index >= 15 is 0 Å². The van der Waals surface area contributed by atoms with Crippen molar-refractivity contribution in [3.63, 3.8) is 0 Å². The third-order valence-electron chi connectivity index (χ3n) is 3.83. The van der Waals surface area contributed by atoms with Crippen LogP contribution in [-0.2, 0) is 11.2 Å². The number of carbonyl (C=O) groups excluding carboxylic acids is 1. The molecular formula is C15H19NO4. The number of nitrogens with zero attached hydrogens (tertiary/aromatic N) is 1. The fourth-order valence-electron chi connectivity index (χ4n) is 2.67. The summed E-state index contributed by atoms with van der Waals surface area (Å²) in [6.07, 6.45) is -0.390. The average Bonchev–Trinajstić information content (AvgIpc) is 2.44. The molecule has 5 nitrogen and oxygen atoms in total. The highest BCUT2D eigenvalue weighted by molar-refractivity contribution is 5.83. The molecule has 108 valence electrons. The van der Waals surface area contributed by atoms with Gasteiger partial charge in [-0.05, 0) is 6.07 Å². The van der Waals surface area contributed by atoms with Crippen LogP contribution < -0.4 is 4.74 Å². The summed E-state index contributed by atoms with van der Waals surface area (Å²) in [6.45, 7) is 5.32. The van der Waals surface area contributed by atoms with Crippen LogP contribution in [0.5, 0.6) is 5.75 Å². The normalized spacial score (nSPS) is 22.8. The molecule has 0 bridgehead atoms. The summed E-state index contributed by atoms with van der Waals surface area (Å²) < 4.78 is 5.78. The number of fused-ring (bicyclic) bond motifs is 1. The van der Waals surface area contributed by atoms with E-state index in [9.17, 15) is 14.9 Å². The predicted molar refractivity (Wildman–Crippen MR) is 74.4 cm³/mol. The fraction of sp³-hybridized carbons (Fsp3) is 0.533. The van der Waals surface area contributed by atoms with E-state index in [2.05, 4.69) is 0 Å². The molecule has 0 radical (unpaired) electrons. The maximum Gasteiger partial charge on any atom is 0.254 e. The van der Waals surface area contributed by atoms with Gasteiger partial charge in [0.15, 0.2) is 6.10 Å². The van der Waals surface area contributed by atoms with E-state index in [1.165, 1.54) is 0 Å². The van der Waals surface area contributed by atoms with Gasteiger partial charge in [-0.1, -0.05) is 39.0 Å². The van der Waals surface area contributed by atoms with E-state index in [-0.39, 0.29) is 16.6 Å². The molecule has 0 spiro atoms. The van der Waals surface area contributed by atoms with Gasteiger partial charge in [-0.3, -0.25) is 14.9 Å². The van der Waals surface area contributed by atoms with Crippen molar-refractivity contribution in [2.45, 2.75) is 39.3 Å². The first-order valence-electron chi connectivity index (χ1n) is 6.83. The number of hydrogen-bond donors (Lipinski definition) is 0. The molecule has 0 saturated carbocycles. The molecule has 1 aliphatic rings. The van der Waals surface area contributed by atoms with Gasteiger partial charge in [-0.25, -0.2) is 0 Å². The number of carbonyl (C=O) groups is 1. The largest absolute Gasteiger partial charge is 0.482 e. The lowest BCUT2D eigenvalue weighted by Gasteiger charge is -2.32. The van der Waals surface area contributed by atoms with Gasteiger partial charge < -0.3 is 4.74 Å². The molecule has 20 heavy (non-hydrogen) atoms. The third-order valence-corrected chi connectivity index (χ3v) is 3.83. The molecule has 1 unspecified atom stereocenters. The molecule has 0 aliphatic carbocycles. The van der Waals surface area contributed by atoms with Crippen molar-refractivity contribution < 1.29 is 14.5 Å². The zero-order valence-corrected chi connectivity index (χ0v) is 11.9. The van der Waals surface area contributed by atoms with Crippen molar-refractivity contribution in [1.29, 1.82) is 0 Å². The zero-order chi connectivity index (χ0) is 14.9.